The maximum Gasteiger partial charge on any atom is 0.339 e. The number of esters is 1. The van der Waals surface area contributed by atoms with Crippen molar-refractivity contribution in [1.82, 2.24) is 4.98 Å². The molecule has 0 amide bonds. The fourth-order valence-electron chi connectivity index (χ4n) is 3.27. The fourth-order valence-corrected chi connectivity index (χ4v) is 4.28. The molecule has 0 atom stereocenters. The SMILES string of the molecule is CCCc1ccc(C(=O)COC(=O)c2ccccc2-c2nc3ccccc3s2)cc1. The van der Waals surface area contributed by atoms with Crippen LogP contribution in [-0.4, -0.2) is 23.3 Å². The first-order valence-electron chi connectivity index (χ1n) is 9.90. The van der Waals surface area contributed by atoms with Gasteiger partial charge in [0.1, 0.15) is 5.01 Å². The topological polar surface area (TPSA) is 56.3 Å². The highest BCUT2D eigenvalue weighted by Gasteiger charge is 2.18. The Morgan fingerprint density at radius 3 is 2.43 bits per heavy atom. The summed E-state index contributed by atoms with van der Waals surface area (Å²) in [5.74, 6) is -0.746. The summed E-state index contributed by atoms with van der Waals surface area (Å²) in [6, 6.07) is 22.5. The summed E-state index contributed by atoms with van der Waals surface area (Å²) >= 11 is 1.52. The number of rotatable bonds is 7. The van der Waals surface area contributed by atoms with Crippen LogP contribution in [0.4, 0.5) is 0 Å². The molecular weight excluding hydrogens is 394 g/mol. The second kappa shape index (κ2) is 9.01. The van der Waals surface area contributed by atoms with Crippen LogP contribution in [0.5, 0.6) is 0 Å². The molecule has 4 rings (SSSR count). The number of hydrogen-bond acceptors (Lipinski definition) is 5. The van der Waals surface area contributed by atoms with Crippen LogP contribution in [0.1, 0.15) is 39.6 Å². The third-order valence-electron chi connectivity index (χ3n) is 4.82. The summed E-state index contributed by atoms with van der Waals surface area (Å²) in [7, 11) is 0. The molecule has 0 spiro atoms. The van der Waals surface area contributed by atoms with E-state index in [9.17, 15) is 9.59 Å². The first kappa shape index (κ1) is 20.0. The minimum Gasteiger partial charge on any atom is -0.454 e. The molecular formula is C25H21NO3S. The first-order valence-corrected chi connectivity index (χ1v) is 10.7. The number of carbonyl (C=O) groups excluding carboxylic acids is 2. The molecule has 0 aliphatic rings. The van der Waals surface area contributed by atoms with Crippen LogP contribution in [0.25, 0.3) is 20.8 Å². The van der Waals surface area contributed by atoms with Crippen molar-refractivity contribution < 1.29 is 14.3 Å². The Hall–Kier alpha value is -3.31. The van der Waals surface area contributed by atoms with Crippen LogP contribution >= 0.6 is 11.3 Å². The Morgan fingerprint density at radius 2 is 1.67 bits per heavy atom. The zero-order valence-corrected chi connectivity index (χ0v) is 17.4. The van der Waals surface area contributed by atoms with Crippen LogP contribution in [0.2, 0.25) is 0 Å². The van der Waals surface area contributed by atoms with Crippen molar-refractivity contribution >= 4 is 33.3 Å². The van der Waals surface area contributed by atoms with Crippen LogP contribution in [0.3, 0.4) is 0 Å². The normalized spacial score (nSPS) is 10.8. The fraction of sp³-hybridized carbons (Fsp3) is 0.160. The second-order valence-corrected chi connectivity index (χ2v) is 8.01. The summed E-state index contributed by atoms with van der Waals surface area (Å²) < 4.78 is 6.40. The molecule has 30 heavy (non-hydrogen) atoms. The van der Waals surface area contributed by atoms with Crippen LogP contribution in [0.15, 0.2) is 72.8 Å². The van der Waals surface area contributed by atoms with E-state index in [-0.39, 0.29) is 12.4 Å². The molecule has 0 saturated heterocycles. The van der Waals surface area contributed by atoms with Gasteiger partial charge in [-0.3, -0.25) is 4.79 Å². The summed E-state index contributed by atoms with van der Waals surface area (Å²) in [4.78, 5) is 29.8. The minimum atomic E-state index is -0.527. The first-order chi connectivity index (χ1) is 14.7. The van der Waals surface area contributed by atoms with Gasteiger partial charge in [0.15, 0.2) is 12.4 Å². The molecule has 0 bridgehead atoms. The maximum absolute atomic E-state index is 12.7. The molecule has 0 saturated carbocycles. The Balaban J connectivity index is 1.49. The number of ether oxygens (including phenoxy) is 1. The Labute approximate surface area is 179 Å². The number of aromatic nitrogens is 1. The van der Waals surface area contributed by atoms with Crippen molar-refractivity contribution in [2.45, 2.75) is 19.8 Å². The van der Waals surface area contributed by atoms with Crippen LogP contribution in [0, 0.1) is 0 Å². The molecule has 4 aromatic rings. The third-order valence-corrected chi connectivity index (χ3v) is 5.89. The Bertz CT molecular complexity index is 1160. The average molecular weight is 416 g/mol. The van der Waals surface area contributed by atoms with Crippen molar-refractivity contribution in [3.8, 4) is 10.6 Å². The van der Waals surface area contributed by atoms with Crippen molar-refractivity contribution in [3.05, 3.63) is 89.5 Å². The molecule has 0 fully saturated rings. The van der Waals surface area contributed by atoms with Gasteiger partial charge in [0.2, 0.25) is 0 Å². The number of Topliss-reactive ketones (excluding diaryl/α,β-unsaturated/α-hetero) is 1. The van der Waals surface area contributed by atoms with E-state index in [0.29, 0.717) is 16.7 Å². The maximum atomic E-state index is 12.7. The molecule has 0 unspecified atom stereocenters. The average Bonchev–Trinajstić information content (AvgIpc) is 3.22. The number of benzene rings is 3. The second-order valence-electron chi connectivity index (χ2n) is 6.98. The van der Waals surface area contributed by atoms with Crippen molar-refractivity contribution in [3.63, 3.8) is 0 Å². The van der Waals surface area contributed by atoms with Crippen molar-refractivity contribution in [2.24, 2.45) is 0 Å². The molecule has 0 aliphatic heterocycles. The molecule has 150 valence electrons. The third kappa shape index (κ3) is 4.31. The van der Waals surface area contributed by atoms with Gasteiger partial charge >= 0.3 is 5.97 Å². The van der Waals surface area contributed by atoms with Gasteiger partial charge in [0.25, 0.3) is 0 Å². The lowest BCUT2D eigenvalue weighted by Crippen LogP contribution is -2.15. The number of para-hydroxylation sites is 1. The monoisotopic (exact) mass is 415 g/mol. The molecule has 0 aliphatic carbocycles. The summed E-state index contributed by atoms with van der Waals surface area (Å²) in [6.07, 6.45) is 2.03. The summed E-state index contributed by atoms with van der Waals surface area (Å²) in [6.45, 7) is 1.82. The van der Waals surface area contributed by atoms with E-state index < -0.39 is 5.97 Å². The van der Waals surface area contributed by atoms with E-state index in [1.807, 2.05) is 48.5 Å². The summed E-state index contributed by atoms with van der Waals surface area (Å²) in [5.41, 5.74) is 3.74. The van der Waals surface area contributed by atoms with Crippen molar-refractivity contribution in [1.29, 1.82) is 0 Å². The lowest BCUT2D eigenvalue weighted by molar-refractivity contribution is 0.0475. The van der Waals surface area contributed by atoms with E-state index in [1.165, 1.54) is 16.9 Å². The van der Waals surface area contributed by atoms with Crippen LogP contribution in [-0.2, 0) is 11.2 Å². The number of aryl methyl sites for hydroxylation is 1. The smallest absolute Gasteiger partial charge is 0.339 e. The standard InChI is InChI=1S/C25H21NO3S/c1-2-7-17-12-14-18(15-13-17)22(27)16-29-25(28)20-9-4-3-8-19(20)24-26-21-10-5-6-11-23(21)30-24/h3-6,8-15H,2,7,16H2,1H3. The molecule has 0 N–H and O–H groups in total. The van der Waals surface area contributed by atoms with E-state index in [2.05, 4.69) is 11.9 Å². The predicted molar refractivity (Wildman–Crippen MR) is 120 cm³/mol. The molecule has 4 nitrogen and oxygen atoms in total. The predicted octanol–water partition coefficient (Wildman–Crippen LogP) is 5.96. The minimum absolute atomic E-state index is 0.219. The molecule has 5 heteroatoms. The van der Waals surface area contributed by atoms with Gasteiger partial charge < -0.3 is 4.74 Å². The van der Waals surface area contributed by atoms with E-state index in [0.717, 1.165) is 28.1 Å². The van der Waals surface area contributed by atoms with Gasteiger partial charge in [-0.15, -0.1) is 11.3 Å². The number of ketones is 1. The highest BCUT2D eigenvalue weighted by atomic mass is 32.1. The number of thiazole rings is 1. The highest BCUT2D eigenvalue weighted by Crippen LogP contribution is 2.32. The molecule has 1 aromatic heterocycles. The van der Waals surface area contributed by atoms with Gasteiger partial charge in [-0.25, -0.2) is 9.78 Å². The Kier molecular flexibility index (Phi) is 6.00. The van der Waals surface area contributed by atoms with E-state index >= 15 is 0 Å². The van der Waals surface area contributed by atoms with Gasteiger partial charge in [0, 0.05) is 11.1 Å². The van der Waals surface area contributed by atoms with Crippen molar-refractivity contribution in [2.75, 3.05) is 6.61 Å². The molecule has 0 radical (unpaired) electrons. The Morgan fingerprint density at radius 1 is 0.933 bits per heavy atom. The lowest BCUT2D eigenvalue weighted by atomic mass is 10.1. The zero-order chi connectivity index (χ0) is 20.9. The van der Waals surface area contributed by atoms with E-state index in [1.54, 1.807) is 24.3 Å². The summed E-state index contributed by atoms with van der Waals surface area (Å²) in [5, 5.41) is 0.751. The molecule has 3 aromatic carbocycles. The van der Waals surface area contributed by atoms with E-state index in [4.69, 9.17) is 4.74 Å². The quantitative estimate of drug-likeness (QED) is 0.276. The lowest BCUT2D eigenvalue weighted by Gasteiger charge is -2.08. The van der Waals surface area contributed by atoms with Gasteiger partial charge in [-0.1, -0.05) is 67.9 Å². The van der Waals surface area contributed by atoms with Gasteiger partial charge in [-0.05, 0) is 30.2 Å². The number of fused-ring (bicyclic) bond motifs is 1. The molecule has 1 heterocycles. The largest absolute Gasteiger partial charge is 0.454 e. The van der Waals surface area contributed by atoms with Gasteiger partial charge in [-0.2, -0.15) is 0 Å². The van der Waals surface area contributed by atoms with Gasteiger partial charge in [0.05, 0.1) is 15.8 Å². The zero-order valence-electron chi connectivity index (χ0n) is 16.6. The number of nitrogens with zero attached hydrogens (tertiary/aromatic N) is 1. The number of carbonyl (C=O) groups is 2. The number of hydrogen-bond donors (Lipinski definition) is 0. The highest BCUT2D eigenvalue weighted by molar-refractivity contribution is 7.21. The van der Waals surface area contributed by atoms with Crippen LogP contribution < -0.4 is 0 Å².